The Morgan fingerprint density at radius 1 is 1.42 bits per heavy atom. The number of nitrogens with zero attached hydrogens (tertiary/aromatic N) is 1. The van der Waals surface area contributed by atoms with Crippen LogP contribution in [0.4, 0.5) is 5.13 Å². The van der Waals surface area contributed by atoms with Gasteiger partial charge in [-0.3, -0.25) is 0 Å². The fourth-order valence-electron chi connectivity index (χ4n) is 1.67. The molecule has 5 heteroatoms. The molecule has 0 aliphatic carbocycles. The van der Waals surface area contributed by atoms with Crippen LogP contribution in [-0.2, 0) is 4.74 Å². The van der Waals surface area contributed by atoms with Gasteiger partial charge in [0.2, 0.25) is 0 Å². The maximum atomic E-state index is 11.8. The highest BCUT2D eigenvalue weighted by Crippen LogP contribution is 2.26. The van der Waals surface area contributed by atoms with E-state index in [1.165, 1.54) is 0 Å². The van der Waals surface area contributed by atoms with E-state index in [2.05, 4.69) is 17.2 Å². The van der Waals surface area contributed by atoms with Crippen LogP contribution in [-0.4, -0.2) is 24.1 Å². The van der Waals surface area contributed by atoms with E-state index in [4.69, 9.17) is 4.74 Å². The van der Waals surface area contributed by atoms with Gasteiger partial charge < -0.3 is 10.1 Å². The topological polar surface area (TPSA) is 51.2 Å². The molecule has 1 N–H and O–H groups in total. The summed E-state index contributed by atoms with van der Waals surface area (Å²) in [5.41, 5.74) is 1.50. The number of rotatable bonds is 6. The minimum Gasteiger partial charge on any atom is -0.462 e. The fourth-order valence-corrected chi connectivity index (χ4v) is 2.64. The Bertz CT molecular complexity index is 566. The number of carbonyl (C=O) groups excluding carboxylic acids is 1. The first-order valence-electron chi connectivity index (χ1n) is 6.56. The van der Waals surface area contributed by atoms with Crippen LogP contribution in [0, 0.1) is 0 Å². The Hall–Kier alpha value is -1.62. The first-order chi connectivity index (χ1) is 9.24. The molecule has 0 spiro atoms. The fraction of sp³-hybridized carbons (Fsp3) is 0.429. The Labute approximate surface area is 116 Å². The Morgan fingerprint density at radius 2 is 2.26 bits per heavy atom. The predicted molar refractivity (Wildman–Crippen MR) is 79.0 cm³/mol. The van der Waals surface area contributed by atoms with Crippen molar-refractivity contribution in [3.8, 4) is 0 Å². The van der Waals surface area contributed by atoms with Crippen molar-refractivity contribution >= 4 is 32.7 Å². The van der Waals surface area contributed by atoms with Crippen LogP contribution < -0.4 is 5.32 Å². The third-order valence-corrected chi connectivity index (χ3v) is 3.66. The number of hydrogen-bond acceptors (Lipinski definition) is 5. The highest BCUT2D eigenvalue weighted by molar-refractivity contribution is 7.22. The molecule has 0 aliphatic heterocycles. The van der Waals surface area contributed by atoms with Crippen LogP contribution in [0.3, 0.4) is 0 Å². The van der Waals surface area contributed by atoms with Crippen molar-refractivity contribution in [3.05, 3.63) is 23.8 Å². The zero-order valence-corrected chi connectivity index (χ0v) is 12.0. The molecule has 0 unspecified atom stereocenters. The molecule has 0 bridgehead atoms. The maximum Gasteiger partial charge on any atom is 0.338 e. The zero-order valence-electron chi connectivity index (χ0n) is 11.2. The molecule has 0 saturated carbocycles. The van der Waals surface area contributed by atoms with Crippen molar-refractivity contribution in [2.24, 2.45) is 0 Å². The van der Waals surface area contributed by atoms with Gasteiger partial charge in [0.15, 0.2) is 5.13 Å². The lowest BCUT2D eigenvalue weighted by molar-refractivity contribution is 0.0500. The average Bonchev–Trinajstić information content (AvgIpc) is 2.80. The first-order valence-corrected chi connectivity index (χ1v) is 7.37. The molecule has 2 aromatic rings. The molecule has 4 nitrogen and oxygen atoms in total. The largest absolute Gasteiger partial charge is 0.462 e. The van der Waals surface area contributed by atoms with E-state index in [1.807, 2.05) is 19.1 Å². The van der Waals surface area contributed by atoms with Crippen LogP contribution in [0.15, 0.2) is 18.2 Å². The van der Waals surface area contributed by atoms with Gasteiger partial charge in [0.25, 0.3) is 0 Å². The third-order valence-electron chi connectivity index (χ3n) is 2.68. The second-order valence-corrected chi connectivity index (χ2v) is 5.25. The Balaban J connectivity index is 2.13. The van der Waals surface area contributed by atoms with Gasteiger partial charge in [0.1, 0.15) is 0 Å². The van der Waals surface area contributed by atoms with E-state index >= 15 is 0 Å². The molecule has 0 fully saturated rings. The number of anilines is 1. The van der Waals surface area contributed by atoms with Crippen molar-refractivity contribution in [2.45, 2.75) is 26.7 Å². The lowest BCUT2D eigenvalue weighted by Gasteiger charge is -2.03. The van der Waals surface area contributed by atoms with E-state index in [-0.39, 0.29) is 5.97 Å². The van der Waals surface area contributed by atoms with E-state index in [9.17, 15) is 4.79 Å². The zero-order chi connectivity index (χ0) is 13.7. The molecule has 1 heterocycles. The van der Waals surface area contributed by atoms with Crippen LogP contribution in [0.5, 0.6) is 0 Å². The molecule has 0 atom stereocenters. The number of fused-ring (bicyclic) bond motifs is 1. The highest BCUT2D eigenvalue weighted by atomic mass is 32.1. The van der Waals surface area contributed by atoms with E-state index < -0.39 is 0 Å². The van der Waals surface area contributed by atoms with Crippen LogP contribution in [0.25, 0.3) is 10.2 Å². The summed E-state index contributed by atoms with van der Waals surface area (Å²) in [5.74, 6) is -0.256. The van der Waals surface area contributed by atoms with Gasteiger partial charge in [0, 0.05) is 6.54 Å². The number of carbonyl (C=O) groups is 1. The molecular formula is C14H18N2O2S. The highest BCUT2D eigenvalue weighted by Gasteiger charge is 2.10. The van der Waals surface area contributed by atoms with Gasteiger partial charge >= 0.3 is 5.97 Å². The summed E-state index contributed by atoms with van der Waals surface area (Å²) in [6, 6.07) is 5.48. The number of hydrogen-bond donors (Lipinski definition) is 1. The minimum absolute atomic E-state index is 0.256. The molecule has 0 aliphatic rings. The normalized spacial score (nSPS) is 10.6. The van der Waals surface area contributed by atoms with Gasteiger partial charge in [-0.2, -0.15) is 0 Å². The lowest BCUT2D eigenvalue weighted by atomic mass is 10.2. The van der Waals surface area contributed by atoms with Gasteiger partial charge in [-0.1, -0.05) is 24.7 Å². The Morgan fingerprint density at radius 3 is 3.00 bits per heavy atom. The molecule has 102 valence electrons. The van der Waals surface area contributed by atoms with E-state index in [0.29, 0.717) is 12.2 Å². The molecule has 0 amide bonds. The molecular weight excluding hydrogens is 260 g/mol. The van der Waals surface area contributed by atoms with E-state index in [1.54, 1.807) is 17.4 Å². The van der Waals surface area contributed by atoms with Crippen molar-refractivity contribution < 1.29 is 9.53 Å². The summed E-state index contributed by atoms with van der Waals surface area (Å²) in [7, 11) is 0. The third kappa shape index (κ3) is 3.44. The summed E-state index contributed by atoms with van der Waals surface area (Å²) in [4.78, 5) is 16.3. The summed E-state index contributed by atoms with van der Waals surface area (Å²) < 4.78 is 6.20. The van der Waals surface area contributed by atoms with Gasteiger partial charge in [-0.15, -0.1) is 0 Å². The van der Waals surface area contributed by atoms with E-state index in [0.717, 1.165) is 34.7 Å². The molecule has 0 saturated heterocycles. The number of nitrogens with one attached hydrogen (secondary N) is 1. The second-order valence-electron chi connectivity index (χ2n) is 4.22. The quantitative estimate of drug-likeness (QED) is 0.647. The summed E-state index contributed by atoms with van der Waals surface area (Å²) in [6.45, 7) is 5.42. The van der Waals surface area contributed by atoms with Crippen LogP contribution >= 0.6 is 11.3 Å². The molecule has 1 aromatic carbocycles. The average molecular weight is 278 g/mol. The second kappa shape index (κ2) is 6.52. The van der Waals surface area contributed by atoms with Gasteiger partial charge in [-0.25, -0.2) is 9.78 Å². The number of esters is 1. The van der Waals surface area contributed by atoms with Crippen molar-refractivity contribution in [2.75, 3.05) is 18.5 Å². The number of benzene rings is 1. The first kappa shape index (κ1) is 13.8. The molecule has 19 heavy (non-hydrogen) atoms. The smallest absolute Gasteiger partial charge is 0.338 e. The SMILES string of the molecule is CCCCOC(=O)c1ccc2nc(NCC)sc2c1. The van der Waals surface area contributed by atoms with Crippen molar-refractivity contribution in [1.82, 2.24) is 4.98 Å². The summed E-state index contributed by atoms with van der Waals surface area (Å²) in [6.07, 6.45) is 1.92. The van der Waals surface area contributed by atoms with Crippen LogP contribution in [0.2, 0.25) is 0 Å². The lowest BCUT2D eigenvalue weighted by Crippen LogP contribution is -2.05. The van der Waals surface area contributed by atoms with Crippen LogP contribution in [0.1, 0.15) is 37.0 Å². The van der Waals surface area contributed by atoms with Gasteiger partial charge in [0.05, 0.1) is 22.4 Å². The Kier molecular flexibility index (Phi) is 4.74. The van der Waals surface area contributed by atoms with Crippen molar-refractivity contribution in [3.63, 3.8) is 0 Å². The standard InChI is InChI=1S/C14H18N2O2S/c1-3-5-8-18-13(17)10-6-7-11-12(9-10)19-14(16-11)15-4-2/h6-7,9H,3-5,8H2,1-2H3,(H,15,16). The number of unbranched alkanes of at least 4 members (excludes halogenated alkanes) is 1. The van der Waals surface area contributed by atoms with Gasteiger partial charge in [-0.05, 0) is 31.5 Å². The predicted octanol–water partition coefficient (Wildman–Crippen LogP) is 3.69. The molecule has 2 rings (SSSR count). The number of thiazole rings is 1. The molecule has 1 aromatic heterocycles. The monoisotopic (exact) mass is 278 g/mol. The maximum absolute atomic E-state index is 11.8. The molecule has 0 radical (unpaired) electrons. The summed E-state index contributed by atoms with van der Waals surface area (Å²) >= 11 is 1.55. The number of aromatic nitrogens is 1. The van der Waals surface area contributed by atoms with Crippen molar-refractivity contribution in [1.29, 1.82) is 0 Å². The summed E-state index contributed by atoms with van der Waals surface area (Å²) in [5, 5.41) is 4.06. The number of ether oxygens (including phenoxy) is 1. The minimum atomic E-state index is -0.256.